The van der Waals surface area contributed by atoms with Crippen LogP contribution in [0.5, 0.6) is 5.75 Å². The van der Waals surface area contributed by atoms with E-state index in [-0.39, 0.29) is 19.8 Å². The van der Waals surface area contributed by atoms with Crippen LogP contribution in [0.2, 0.25) is 0 Å². The molecule has 1 aromatic rings. The predicted octanol–water partition coefficient (Wildman–Crippen LogP) is 2.63. The normalized spacial score (nSPS) is 12.9. The van der Waals surface area contributed by atoms with E-state index >= 15 is 0 Å². The van der Waals surface area contributed by atoms with Gasteiger partial charge >= 0.3 is 0 Å². The molecule has 5 heteroatoms. The Morgan fingerprint density at radius 1 is 1.04 bits per heavy atom. The van der Waals surface area contributed by atoms with Crippen LogP contribution in [0.25, 0.3) is 0 Å². The monoisotopic (exact) mass is 342 g/mol. The van der Waals surface area contributed by atoms with E-state index in [1.54, 1.807) is 0 Å². The minimum Gasteiger partial charge on any atom is -0.491 e. The summed E-state index contributed by atoms with van der Waals surface area (Å²) >= 11 is 0. The van der Waals surface area contributed by atoms with Crippen LogP contribution in [-0.2, 0) is 4.74 Å². The fourth-order valence-electron chi connectivity index (χ4n) is 2.00. The highest BCUT2D eigenvalue weighted by atomic mass is 16.5. The summed E-state index contributed by atoms with van der Waals surface area (Å²) in [5.41, 5.74) is 0. The minimum atomic E-state index is -0.723. The Morgan fingerprint density at radius 3 is 2.29 bits per heavy atom. The second-order valence-electron chi connectivity index (χ2n) is 5.68. The molecule has 5 nitrogen and oxygen atoms in total. The van der Waals surface area contributed by atoms with Crippen molar-refractivity contribution in [2.75, 3.05) is 33.0 Å². The van der Waals surface area contributed by atoms with Crippen molar-refractivity contribution in [2.24, 2.45) is 5.92 Å². The number of hydrogen-bond donors (Lipinski definition) is 3. The second-order valence-corrected chi connectivity index (χ2v) is 5.68. The SMILES string of the molecule is CCCCC(CC)COCC(O)CO.OCCOc1ccccc1. The number of aliphatic hydroxyl groups is 3. The van der Waals surface area contributed by atoms with E-state index in [0.717, 1.165) is 12.2 Å². The molecule has 0 saturated carbocycles. The molecule has 2 atom stereocenters. The van der Waals surface area contributed by atoms with Crippen LogP contribution in [0.4, 0.5) is 0 Å². The fourth-order valence-corrected chi connectivity index (χ4v) is 2.00. The van der Waals surface area contributed by atoms with Crippen molar-refractivity contribution in [1.82, 2.24) is 0 Å². The molecule has 0 amide bonds. The Kier molecular flexibility index (Phi) is 15.9. The molecule has 3 N–H and O–H groups in total. The van der Waals surface area contributed by atoms with Crippen LogP contribution >= 0.6 is 0 Å². The molecule has 0 fully saturated rings. The highest BCUT2D eigenvalue weighted by Gasteiger charge is 2.07. The number of rotatable bonds is 12. The lowest BCUT2D eigenvalue weighted by Gasteiger charge is -2.15. The van der Waals surface area contributed by atoms with Crippen molar-refractivity contribution >= 4 is 0 Å². The van der Waals surface area contributed by atoms with Crippen molar-refractivity contribution in [2.45, 2.75) is 45.6 Å². The van der Waals surface area contributed by atoms with Gasteiger partial charge < -0.3 is 24.8 Å². The van der Waals surface area contributed by atoms with E-state index in [4.69, 9.17) is 24.8 Å². The standard InChI is InChI=1S/C11H24O3.C8H10O2/c1-3-5-6-10(4-2)8-14-9-11(13)7-12;9-6-7-10-8-4-2-1-3-5-8/h10-13H,3-9H2,1-2H3;1-5,9H,6-7H2. The topological polar surface area (TPSA) is 79.2 Å². The molecule has 0 heterocycles. The third-order valence-electron chi connectivity index (χ3n) is 3.52. The number of benzene rings is 1. The molecule has 0 aromatic heterocycles. The number of ether oxygens (including phenoxy) is 2. The molecule has 2 unspecified atom stereocenters. The summed E-state index contributed by atoms with van der Waals surface area (Å²) in [7, 11) is 0. The van der Waals surface area contributed by atoms with Crippen molar-refractivity contribution in [3.8, 4) is 5.75 Å². The van der Waals surface area contributed by atoms with Gasteiger partial charge in [0.15, 0.2) is 0 Å². The lowest BCUT2D eigenvalue weighted by Crippen LogP contribution is -2.21. The zero-order chi connectivity index (χ0) is 18.0. The van der Waals surface area contributed by atoms with E-state index in [0.29, 0.717) is 19.1 Å². The van der Waals surface area contributed by atoms with Gasteiger partial charge in [-0.2, -0.15) is 0 Å². The van der Waals surface area contributed by atoms with E-state index in [1.165, 1.54) is 19.3 Å². The van der Waals surface area contributed by atoms with Crippen molar-refractivity contribution in [1.29, 1.82) is 0 Å². The van der Waals surface area contributed by atoms with Gasteiger partial charge in [0.1, 0.15) is 18.5 Å². The van der Waals surface area contributed by atoms with Crippen LogP contribution in [0.1, 0.15) is 39.5 Å². The summed E-state index contributed by atoms with van der Waals surface area (Å²) in [6, 6.07) is 9.43. The van der Waals surface area contributed by atoms with Gasteiger partial charge in [0.25, 0.3) is 0 Å². The summed E-state index contributed by atoms with van der Waals surface area (Å²) < 4.78 is 10.4. The molecule has 0 aliphatic heterocycles. The molecule has 140 valence electrons. The average Bonchev–Trinajstić information content (AvgIpc) is 2.64. The van der Waals surface area contributed by atoms with Crippen LogP contribution in [0.15, 0.2) is 30.3 Å². The maximum Gasteiger partial charge on any atom is 0.119 e. The van der Waals surface area contributed by atoms with Crippen molar-refractivity contribution in [3.05, 3.63) is 30.3 Å². The molecule has 1 aromatic carbocycles. The van der Waals surface area contributed by atoms with Gasteiger partial charge in [-0.05, 0) is 24.5 Å². The number of unbranched alkanes of at least 4 members (excludes halogenated alkanes) is 1. The molecule has 0 aliphatic rings. The quantitative estimate of drug-likeness (QED) is 0.544. The van der Waals surface area contributed by atoms with Gasteiger partial charge in [0, 0.05) is 6.61 Å². The molecule has 0 bridgehead atoms. The van der Waals surface area contributed by atoms with Crippen LogP contribution in [0, 0.1) is 5.92 Å². The summed E-state index contributed by atoms with van der Waals surface area (Å²) in [6.45, 7) is 5.51. The zero-order valence-corrected chi connectivity index (χ0v) is 15.1. The van der Waals surface area contributed by atoms with Gasteiger partial charge in [-0.15, -0.1) is 0 Å². The summed E-state index contributed by atoms with van der Waals surface area (Å²) in [4.78, 5) is 0. The first-order chi connectivity index (χ1) is 11.7. The van der Waals surface area contributed by atoms with Crippen LogP contribution < -0.4 is 4.74 Å². The average molecular weight is 342 g/mol. The third kappa shape index (κ3) is 13.3. The van der Waals surface area contributed by atoms with Gasteiger partial charge in [0.05, 0.1) is 19.8 Å². The fraction of sp³-hybridized carbons (Fsp3) is 0.684. The zero-order valence-electron chi connectivity index (χ0n) is 15.1. The summed E-state index contributed by atoms with van der Waals surface area (Å²) in [6.07, 6.45) is 4.05. The lowest BCUT2D eigenvalue weighted by atomic mass is 10.0. The number of hydrogen-bond acceptors (Lipinski definition) is 5. The molecule has 0 spiro atoms. The lowest BCUT2D eigenvalue weighted by molar-refractivity contribution is -0.00599. The first-order valence-corrected chi connectivity index (χ1v) is 8.83. The summed E-state index contributed by atoms with van der Waals surface area (Å²) in [5, 5.41) is 26.0. The molecular formula is C19H34O5. The first-order valence-electron chi connectivity index (χ1n) is 8.83. The Morgan fingerprint density at radius 2 is 1.75 bits per heavy atom. The Balaban J connectivity index is 0.000000463. The van der Waals surface area contributed by atoms with Gasteiger partial charge in [-0.1, -0.05) is 51.3 Å². The maximum atomic E-state index is 9.04. The van der Waals surface area contributed by atoms with Crippen LogP contribution in [-0.4, -0.2) is 54.5 Å². The Labute approximate surface area is 146 Å². The Bertz CT molecular complexity index is 358. The largest absolute Gasteiger partial charge is 0.491 e. The van der Waals surface area contributed by atoms with Gasteiger partial charge in [-0.25, -0.2) is 0 Å². The third-order valence-corrected chi connectivity index (χ3v) is 3.52. The van der Waals surface area contributed by atoms with E-state index < -0.39 is 6.10 Å². The predicted molar refractivity (Wildman–Crippen MR) is 96.2 cm³/mol. The van der Waals surface area contributed by atoms with Crippen molar-refractivity contribution < 1.29 is 24.8 Å². The van der Waals surface area contributed by atoms with Crippen molar-refractivity contribution in [3.63, 3.8) is 0 Å². The number of aliphatic hydroxyl groups excluding tert-OH is 3. The Hall–Kier alpha value is -1.14. The van der Waals surface area contributed by atoms with E-state index in [2.05, 4.69) is 13.8 Å². The van der Waals surface area contributed by atoms with E-state index in [9.17, 15) is 0 Å². The molecule has 0 aliphatic carbocycles. The molecule has 24 heavy (non-hydrogen) atoms. The maximum absolute atomic E-state index is 9.04. The van der Waals surface area contributed by atoms with Gasteiger partial charge in [0.2, 0.25) is 0 Å². The minimum absolute atomic E-state index is 0.0644. The first kappa shape index (κ1) is 22.9. The smallest absolute Gasteiger partial charge is 0.119 e. The van der Waals surface area contributed by atoms with E-state index in [1.807, 2.05) is 30.3 Å². The second kappa shape index (κ2) is 16.7. The van der Waals surface area contributed by atoms with Gasteiger partial charge in [-0.3, -0.25) is 0 Å². The molecular weight excluding hydrogens is 308 g/mol. The summed E-state index contributed by atoms with van der Waals surface area (Å²) in [5.74, 6) is 1.40. The highest BCUT2D eigenvalue weighted by Crippen LogP contribution is 2.12. The van der Waals surface area contributed by atoms with Crippen LogP contribution in [0.3, 0.4) is 0 Å². The number of para-hydroxylation sites is 1. The molecule has 1 rings (SSSR count). The molecule has 0 radical (unpaired) electrons. The highest BCUT2D eigenvalue weighted by molar-refractivity contribution is 5.20. The molecule has 0 saturated heterocycles.